The summed E-state index contributed by atoms with van der Waals surface area (Å²) in [6.45, 7) is 4.53. The first-order chi connectivity index (χ1) is 7.74. The number of hydrogen-bond donors (Lipinski definition) is 0. The molecule has 3 rings (SSSR count). The zero-order valence-corrected chi connectivity index (χ0v) is 10.1. The molecule has 1 aliphatic rings. The van der Waals surface area contributed by atoms with Crippen molar-refractivity contribution >= 4 is 10.8 Å². The molecule has 0 nitrogen and oxygen atoms in total. The minimum Gasteiger partial charge on any atom is -0.0622 e. The number of aryl methyl sites for hydroxylation is 2. The number of benzene rings is 2. The van der Waals surface area contributed by atoms with Gasteiger partial charge in [-0.15, -0.1) is 0 Å². The SMILES string of the molecule is Cc1ccc2c3c(ccc2c1)CC(C)CC3. The van der Waals surface area contributed by atoms with Crippen molar-refractivity contribution in [1.82, 2.24) is 0 Å². The highest BCUT2D eigenvalue weighted by atomic mass is 14.2. The summed E-state index contributed by atoms with van der Waals surface area (Å²) in [5, 5.41) is 2.89. The van der Waals surface area contributed by atoms with Crippen LogP contribution >= 0.6 is 0 Å². The van der Waals surface area contributed by atoms with E-state index >= 15 is 0 Å². The van der Waals surface area contributed by atoms with E-state index in [1.54, 1.807) is 11.1 Å². The molecule has 2 aromatic carbocycles. The second-order valence-corrected chi connectivity index (χ2v) is 5.28. The molecule has 0 fully saturated rings. The van der Waals surface area contributed by atoms with E-state index in [4.69, 9.17) is 0 Å². The van der Waals surface area contributed by atoms with Gasteiger partial charge in [0, 0.05) is 0 Å². The van der Waals surface area contributed by atoms with Crippen molar-refractivity contribution in [2.45, 2.75) is 33.1 Å². The van der Waals surface area contributed by atoms with Crippen molar-refractivity contribution in [3.05, 3.63) is 47.0 Å². The summed E-state index contributed by atoms with van der Waals surface area (Å²) in [5.74, 6) is 0.857. The first kappa shape index (κ1) is 9.89. The first-order valence-electron chi connectivity index (χ1n) is 6.25. The predicted octanol–water partition coefficient (Wildman–Crippen LogP) is 4.27. The van der Waals surface area contributed by atoms with Gasteiger partial charge in [0.1, 0.15) is 0 Å². The molecule has 1 atom stereocenters. The van der Waals surface area contributed by atoms with Crippen molar-refractivity contribution in [2.24, 2.45) is 5.92 Å². The molecule has 0 radical (unpaired) electrons. The lowest BCUT2D eigenvalue weighted by molar-refractivity contribution is 0.503. The molecular weight excluding hydrogens is 192 g/mol. The molecule has 0 bridgehead atoms. The topological polar surface area (TPSA) is 0 Å². The Bertz CT molecular complexity index is 537. The molecule has 0 aromatic heterocycles. The smallest absolute Gasteiger partial charge is 0.0149 e. The van der Waals surface area contributed by atoms with Crippen LogP contribution < -0.4 is 0 Å². The normalized spacial score (nSPS) is 19.8. The van der Waals surface area contributed by atoms with E-state index in [-0.39, 0.29) is 0 Å². The maximum atomic E-state index is 2.36. The minimum atomic E-state index is 0.857. The standard InChI is InChI=1S/C16H18/c1-11-3-7-15-13(9-11)5-6-14-10-12(2)4-8-16(14)15/h3,5-7,9,12H,4,8,10H2,1-2H3. The maximum Gasteiger partial charge on any atom is -0.0149 e. The van der Waals surface area contributed by atoms with Gasteiger partial charge in [0.15, 0.2) is 0 Å². The molecule has 0 spiro atoms. The van der Waals surface area contributed by atoms with Gasteiger partial charge < -0.3 is 0 Å². The third kappa shape index (κ3) is 1.53. The zero-order valence-electron chi connectivity index (χ0n) is 10.1. The summed E-state index contributed by atoms with van der Waals surface area (Å²) >= 11 is 0. The van der Waals surface area contributed by atoms with Crippen LogP contribution in [0, 0.1) is 12.8 Å². The fraction of sp³-hybridized carbons (Fsp3) is 0.375. The van der Waals surface area contributed by atoms with Gasteiger partial charge in [0.05, 0.1) is 0 Å². The molecule has 0 heterocycles. The van der Waals surface area contributed by atoms with Gasteiger partial charge in [-0.25, -0.2) is 0 Å². The molecule has 0 saturated carbocycles. The Hall–Kier alpha value is -1.30. The summed E-state index contributed by atoms with van der Waals surface area (Å²) in [7, 11) is 0. The van der Waals surface area contributed by atoms with Crippen LogP contribution in [0.15, 0.2) is 30.3 Å². The van der Waals surface area contributed by atoms with Crippen LogP contribution in [0.2, 0.25) is 0 Å². The molecule has 0 amide bonds. The number of fused-ring (bicyclic) bond motifs is 3. The molecule has 0 aliphatic heterocycles. The number of hydrogen-bond acceptors (Lipinski definition) is 0. The average molecular weight is 210 g/mol. The highest BCUT2D eigenvalue weighted by molar-refractivity contribution is 5.87. The summed E-state index contributed by atoms with van der Waals surface area (Å²) in [6, 6.07) is 11.5. The van der Waals surface area contributed by atoms with E-state index in [2.05, 4.69) is 44.2 Å². The van der Waals surface area contributed by atoms with Crippen LogP contribution in [0.4, 0.5) is 0 Å². The average Bonchev–Trinajstić information content (AvgIpc) is 2.28. The van der Waals surface area contributed by atoms with E-state index in [1.807, 2.05) is 0 Å². The van der Waals surface area contributed by atoms with Crippen molar-refractivity contribution < 1.29 is 0 Å². The molecular formula is C16H18. The monoisotopic (exact) mass is 210 g/mol. The van der Waals surface area contributed by atoms with Crippen LogP contribution in [0.5, 0.6) is 0 Å². The molecule has 0 N–H and O–H groups in total. The van der Waals surface area contributed by atoms with Crippen LogP contribution in [0.25, 0.3) is 10.8 Å². The van der Waals surface area contributed by atoms with Crippen LogP contribution in [-0.4, -0.2) is 0 Å². The highest BCUT2D eigenvalue weighted by Gasteiger charge is 2.16. The Morgan fingerprint density at radius 3 is 2.88 bits per heavy atom. The highest BCUT2D eigenvalue weighted by Crippen LogP contribution is 2.31. The van der Waals surface area contributed by atoms with Gasteiger partial charge >= 0.3 is 0 Å². The number of rotatable bonds is 0. The first-order valence-corrected chi connectivity index (χ1v) is 6.25. The zero-order chi connectivity index (χ0) is 11.1. The fourth-order valence-electron chi connectivity index (χ4n) is 2.91. The molecule has 2 aromatic rings. The second kappa shape index (κ2) is 3.62. The summed E-state index contributed by atoms with van der Waals surface area (Å²) in [5.41, 5.74) is 4.54. The van der Waals surface area contributed by atoms with Gasteiger partial charge in [-0.3, -0.25) is 0 Å². The maximum absolute atomic E-state index is 2.36. The van der Waals surface area contributed by atoms with Crippen molar-refractivity contribution in [2.75, 3.05) is 0 Å². The Balaban J connectivity index is 2.24. The predicted molar refractivity (Wildman–Crippen MR) is 69.9 cm³/mol. The third-order valence-corrected chi connectivity index (χ3v) is 3.84. The Morgan fingerprint density at radius 2 is 2.00 bits per heavy atom. The fourth-order valence-corrected chi connectivity index (χ4v) is 2.91. The minimum absolute atomic E-state index is 0.857. The molecule has 82 valence electrons. The van der Waals surface area contributed by atoms with Crippen LogP contribution in [0.1, 0.15) is 30.0 Å². The second-order valence-electron chi connectivity index (χ2n) is 5.28. The summed E-state index contributed by atoms with van der Waals surface area (Å²) in [4.78, 5) is 0. The molecule has 1 aliphatic carbocycles. The van der Waals surface area contributed by atoms with Gasteiger partial charge in [-0.1, -0.05) is 42.8 Å². The molecule has 0 saturated heterocycles. The van der Waals surface area contributed by atoms with E-state index in [9.17, 15) is 0 Å². The molecule has 0 heteroatoms. The largest absolute Gasteiger partial charge is 0.0622 e. The van der Waals surface area contributed by atoms with E-state index in [0.717, 1.165) is 5.92 Å². The van der Waals surface area contributed by atoms with Gasteiger partial charge in [0.2, 0.25) is 0 Å². The Kier molecular flexibility index (Phi) is 2.24. The van der Waals surface area contributed by atoms with Gasteiger partial charge in [-0.2, -0.15) is 0 Å². The van der Waals surface area contributed by atoms with E-state index < -0.39 is 0 Å². The Morgan fingerprint density at radius 1 is 1.12 bits per heavy atom. The lowest BCUT2D eigenvalue weighted by Gasteiger charge is -2.23. The van der Waals surface area contributed by atoms with Crippen molar-refractivity contribution in [3.63, 3.8) is 0 Å². The van der Waals surface area contributed by atoms with Crippen LogP contribution in [0.3, 0.4) is 0 Å². The summed E-state index contributed by atoms with van der Waals surface area (Å²) in [6.07, 6.45) is 3.87. The quantitative estimate of drug-likeness (QED) is 0.609. The van der Waals surface area contributed by atoms with Gasteiger partial charge in [-0.05, 0) is 54.0 Å². The molecule has 16 heavy (non-hydrogen) atoms. The van der Waals surface area contributed by atoms with Crippen LogP contribution in [-0.2, 0) is 12.8 Å². The lowest BCUT2D eigenvalue weighted by atomic mass is 9.82. The van der Waals surface area contributed by atoms with E-state index in [1.165, 1.54) is 35.6 Å². The third-order valence-electron chi connectivity index (χ3n) is 3.84. The van der Waals surface area contributed by atoms with Gasteiger partial charge in [0.25, 0.3) is 0 Å². The summed E-state index contributed by atoms with van der Waals surface area (Å²) < 4.78 is 0. The Labute approximate surface area is 97.3 Å². The molecule has 1 unspecified atom stereocenters. The van der Waals surface area contributed by atoms with Crippen molar-refractivity contribution in [3.8, 4) is 0 Å². The van der Waals surface area contributed by atoms with E-state index in [0.29, 0.717) is 0 Å². The van der Waals surface area contributed by atoms with Crippen molar-refractivity contribution in [1.29, 1.82) is 0 Å². The lowest BCUT2D eigenvalue weighted by Crippen LogP contribution is -2.11.